The molecule has 0 radical (unpaired) electrons. The van der Waals surface area contributed by atoms with Gasteiger partial charge >= 0.3 is 0 Å². The summed E-state index contributed by atoms with van der Waals surface area (Å²) in [6, 6.07) is 14.6. The summed E-state index contributed by atoms with van der Waals surface area (Å²) in [6.07, 6.45) is 0.699. The van der Waals surface area contributed by atoms with Gasteiger partial charge in [-0.2, -0.15) is 11.3 Å². The zero-order valence-corrected chi connectivity index (χ0v) is 17.8. The first-order valence-electron chi connectivity index (χ1n) is 10.2. The number of benzene rings is 2. The molecule has 0 saturated heterocycles. The van der Waals surface area contributed by atoms with Gasteiger partial charge in [0.05, 0.1) is 11.6 Å². The van der Waals surface area contributed by atoms with Gasteiger partial charge in [0.1, 0.15) is 11.6 Å². The van der Waals surface area contributed by atoms with Crippen molar-refractivity contribution in [1.29, 1.82) is 0 Å². The number of amides is 1. The molecule has 1 amide bonds. The summed E-state index contributed by atoms with van der Waals surface area (Å²) in [5, 5.41) is 8.56. The quantitative estimate of drug-likeness (QED) is 0.471. The number of fused-ring (bicyclic) bond motifs is 2. The number of carbonyl (C=O) groups is 1. The second-order valence-electron chi connectivity index (χ2n) is 7.69. The molecule has 4 aromatic rings. The molecule has 1 aliphatic rings. The van der Waals surface area contributed by atoms with Crippen LogP contribution in [0.4, 0.5) is 10.2 Å². The minimum absolute atomic E-state index is 0.0110. The number of halogens is 1. The molecular weight excluding hydrogens is 411 g/mol. The maximum Gasteiger partial charge on any atom is 0.219 e. The van der Waals surface area contributed by atoms with Crippen molar-refractivity contribution in [1.82, 2.24) is 14.9 Å². The molecule has 1 atom stereocenters. The molecule has 2 aromatic heterocycles. The third-order valence-corrected chi connectivity index (χ3v) is 6.35. The van der Waals surface area contributed by atoms with E-state index in [0.29, 0.717) is 25.3 Å². The molecule has 0 aliphatic carbocycles. The molecule has 7 heteroatoms. The third kappa shape index (κ3) is 3.88. The van der Waals surface area contributed by atoms with E-state index in [2.05, 4.69) is 5.32 Å². The molecule has 156 valence electrons. The Hall–Kier alpha value is -3.32. The zero-order chi connectivity index (χ0) is 21.4. The summed E-state index contributed by atoms with van der Waals surface area (Å²) in [4.78, 5) is 23.4. The molecule has 0 fully saturated rings. The Morgan fingerprint density at radius 1 is 1.19 bits per heavy atom. The average molecular weight is 433 g/mol. The van der Waals surface area contributed by atoms with Crippen molar-refractivity contribution in [3.05, 3.63) is 76.2 Å². The van der Waals surface area contributed by atoms with Gasteiger partial charge in [-0.3, -0.25) is 4.79 Å². The summed E-state index contributed by atoms with van der Waals surface area (Å²) in [5.41, 5.74) is 3.65. The van der Waals surface area contributed by atoms with E-state index in [0.717, 1.165) is 33.4 Å². The van der Waals surface area contributed by atoms with Gasteiger partial charge in [0.15, 0.2) is 5.82 Å². The first-order valence-corrected chi connectivity index (χ1v) is 11.1. The number of thiophene rings is 1. The van der Waals surface area contributed by atoms with Gasteiger partial charge < -0.3 is 10.2 Å². The number of aromatic nitrogens is 2. The molecule has 1 N–H and O–H groups in total. The smallest absolute Gasteiger partial charge is 0.219 e. The molecule has 3 heterocycles. The number of nitrogens with one attached hydrogen (secondary N) is 1. The van der Waals surface area contributed by atoms with Gasteiger partial charge in [-0.1, -0.05) is 18.2 Å². The lowest BCUT2D eigenvalue weighted by Gasteiger charge is -2.21. The van der Waals surface area contributed by atoms with E-state index in [4.69, 9.17) is 9.97 Å². The van der Waals surface area contributed by atoms with Gasteiger partial charge in [-0.15, -0.1) is 0 Å². The fourth-order valence-corrected chi connectivity index (χ4v) is 4.70. The highest BCUT2D eigenvalue weighted by Gasteiger charge is 2.25. The predicted octanol–water partition coefficient (Wildman–Crippen LogP) is 5.40. The predicted molar refractivity (Wildman–Crippen MR) is 121 cm³/mol. The third-order valence-electron chi connectivity index (χ3n) is 5.67. The highest BCUT2D eigenvalue weighted by Crippen LogP contribution is 2.33. The van der Waals surface area contributed by atoms with Crippen molar-refractivity contribution in [3.63, 3.8) is 0 Å². The summed E-state index contributed by atoms with van der Waals surface area (Å²) >= 11 is 1.61. The van der Waals surface area contributed by atoms with E-state index in [1.165, 1.54) is 12.1 Å². The topological polar surface area (TPSA) is 58.1 Å². The Morgan fingerprint density at radius 3 is 2.87 bits per heavy atom. The van der Waals surface area contributed by atoms with Crippen molar-refractivity contribution in [2.75, 3.05) is 11.9 Å². The molecule has 1 aliphatic heterocycles. The number of hydrogen-bond donors (Lipinski definition) is 1. The highest BCUT2D eigenvalue weighted by atomic mass is 32.1. The molecule has 0 saturated carbocycles. The number of nitrogens with zero attached hydrogens (tertiary/aromatic N) is 3. The minimum Gasteiger partial charge on any atom is -0.363 e. The Morgan fingerprint density at radius 2 is 2.06 bits per heavy atom. The monoisotopic (exact) mass is 432 g/mol. The molecule has 31 heavy (non-hydrogen) atoms. The second kappa shape index (κ2) is 8.07. The van der Waals surface area contributed by atoms with Crippen LogP contribution in [0.1, 0.15) is 30.5 Å². The van der Waals surface area contributed by atoms with Crippen molar-refractivity contribution in [3.8, 4) is 11.4 Å². The van der Waals surface area contributed by atoms with Crippen LogP contribution in [0.5, 0.6) is 0 Å². The van der Waals surface area contributed by atoms with Crippen LogP contribution in [-0.4, -0.2) is 27.3 Å². The number of carbonyl (C=O) groups excluding carboxylic acids is 1. The molecule has 0 bridgehead atoms. The van der Waals surface area contributed by atoms with Gasteiger partial charge in [0, 0.05) is 36.3 Å². The van der Waals surface area contributed by atoms with Gasteiger partial charge in [0.25, 0.3) is 0 Å². The van der Waals surface area contributed by atoms with Crippen LogP contribution in [0.3, 0.4) is 0 Å². The molecule has 0 spiro atoms. The number of hydrogen-bond acceptors (Lipinski definition) is 5. The summed E-state index contributed by atoms with van der Waals surface area (Å²) < 4.78 is 14.0. The SMILES string of the molecule is CC(=O)N1CCC(Nc2nc(-c3ccsc3)nc3ccccc23)c2ccc(F)cc2C1. The average Bonchev–Trinajstić information content (AvgIpc) is 3.24. The Labute approximate surface area is 183 Å². The largest absolute Gasteiger partial charge is 0.363 e. The van der Waals surface area contributed by atoms with E-state index < -0.39 is 0 Å². The van der Waals surface area contributed by atoms with Crippen LogP contribution < -0.4 is 5.32 Å². The van der Waals surface area contributed by atoms with Crippen LogP contribution in [-0.2, 0) is 11.3 Å². The maximum absolute atomic E-state index is 14.0. The number of rotatable bonds is 3. The van der Waals surface area contributed by atoms with Crippen LogP contribution in [0, 0.1) is 5.82 Å². The maximum atomic E-state index is 14.0. The number of para-hydroxylation sites is 1. The Kier molecular flexibility index (Phi) is 5.11. The standard InChI is InChI=1S/C24H21FN4OS/c1-15(30)29-10-8-22(19-7-6-18(25)12-17(19)13-29)27-24-20-4-2-3-5-21(20)26-23(28-24)16-9-11-31-14-16/h2-7,9,11-12,14,22H,8,10,13H2,1H3,(H,26,27,28). The molecular formula is C24H21FN4OS. The van der Waals surface area contributed by atoms with E-state index in [-0.39, 0.29) is 17.8 Å². The lowest BCUT2D eigenvalue weighted by Crippen LogP contribution is -2.28. The van der Waals surface area contributed by atoms with E-state index in [1.54, 1.807) is 23.2 Å². The minimum atomic E-state index is -0.296. The zero-order valence-electron chi connectivity index (χ0n) is 17.0. The van der Waals surface area contributed by atoms with Gasteiger partial charge in [-0.05, 0) is 53.3 Å². The van der Waals surface area contributed by atoms with Gasteiger partial charge in [-0.25, -0.2) is 14.4 Å². The molecule has 1 unspecified atom stereocenters. The van der Waals surface area contributed by atoms with Crippen LogP contribution in [0.15, 0.2) is 59.3 Å². The van der Waals surface area contributed by atoms with Crippen molar-refractivity contribution in [2.24, 2.45) is 0 Å². The van der Waals surface area contributed by atoms with Crippen molar-refractivity contribution < 1.29 is 9.18 Å². The fourth-order valence-electron chi connectivity index (χ4n) is 4.07. The van der Waals surface area contributed by atoms with Crippen LogP contribution in [0.25, 0.3) is 22.3 Å². The highest BCUT2D eigenvalue weighted by molar-refractivity contribution is 7.08. The van der Waals surface area contributed by atoms with Crippen LogP contribution >= 0.6 is 11.3 Å². The van der Waals surface area contributed by atoms with Crippen LogP contribution in [0.2, 0.25) is 0 Å². The molecule has 2 aromatic carbocycles. The lowest BCUT2D eigenvalue weighted by atomic mass is 9.99. The first-order chi connectivity index (χ1) is 15.1. The fraction of sp³-hybridized carbons (Fsp3) is 0.208. The summed E-state index contributed by atoms with van der Waals surface area (Å²) in [5.74, 6) is 1.10. The molecule has 5 nitrogen and oxygen atoms in total. The van der Waals surface area contributed by atoms with Crippen molar-refractivity contribution in [2.45, 2.75) is 25.9 Å². The summed E-state index contributed by atoms with van der Waals surface area (Å²) in [7, 11) is 0. The van der Waals surface area contributed by atoms with E-state index in [1.807, 2.05) is 47.2 Å². The summed E-state index contributed by atoms with van der Waals surface area (Å²) in [6.45, 7) is 2.55. The Bertz CT molecular complexity index is 1260. The van der Waals surface area contributed by atoms with E-state index in [9.17, 15) is 9.18 Å². The first kappa shape index (κ1) is 19.6. The normalized spacial score (nSPS) is 16.1. The molecule has 5 rings (SSSR count). The van der Waals surface area contributed by atoms with E-state index >= 15 is 0 Å². The van der Waals surface area contributed by atoms with Gasteiger partial charge in [0.2, 0.25) is 5.91 Å². The lowest BCUT2D eigenvalue weighted by molar-refractivity contribution is -0.129. The second-order valence-corrected chi connectivity index (χ2v) is 8.47. The number of anilines is 1. The van der Waals surface area contributed by atoms with Crippen molar-refractivity contribution >= 4 is 34.0 Å². The Balaban J connectivity index is 1.59.